The first-order chi connectivity index (χ1) is 55.0. The Hall–Kier alpha value is -5.10. The van der Waals surface area contributed by atoms with Gasteiger partial charge >= 0.3 is 230 Å². The summed E-state index contributed by atoms with van der Waals surface area (Å²) in [4.78, 5) is 110. The molecule has 21 nitrogen and oxygen atoms in total. The maximum absolute atomic E-state index is 13.5. The van der Waals surface area contributed by atoms with Gasteiger partial charge in [-0.05, 0) is 233 Å². The summed E-state index contributed by atoms with van der Waals surface area (Å²) < 4.78 is 57.0. The molecule has 15 aliphatic carbocycles. The average molecular weight is 1960 g/mol. The van der Waals surface area contributed by atoms with Crippen LogP contribution >= 0.6 is 20.6 Å². The molecule has 764 valence electrons. The van der Waals surface area contributed by atoms with E-state index >= 15 is 0 Å². The maximum Gasteiger partial charge on any atom is 0.312 e. The molecule has 130 heavy (non-hydrogen) atoms. The van der Waals surface area contributed by atoms with E-state index in [-0.39, 0.29) is 188 Å². The fraction of sp³-hybridized carbons (Fsp3) is 0.861. The number of hydrogen-bond donors (Lipinski definition) is 2. The van der Waals surface area contributed by atoms with Crippen LogP contribution < -0.4 is 4.74 Å². The van der Waals surface area contributed by atoms with Crippen molar-refractivity contribution in [2.75, 3.05) is 13.7 Å². The molecule has 2 heterocycles. The molecule has 2 N–H and O–H groups in total. The predicted octanol–water partition coefficient (Wildman–Crippen LogP) is 27.4. The normalized spacial score (nSPS) is 31.2. The van der Waals surface area contributed by atoms with Crippen molar-refractivity contribution < 1.29 is 97.4 Å². The van der Waals surface area contributed by atoms with Gasteiger partial charge in [0.2, 0.25) is 6.10 Å². The quantitative estimate of drug-likeness (QED) is 0.0552. The van der Waals surface area contributed by atoms with Crippen LogP contribution in [0, 0.1) is 112 Å². The number of hydrogen-bond acceptors (Lipinski definition) is 21. The SMILES string of the molecule is C.C.C.C.C.C.C.C.C.C.C.C.CCC(C)(C)C(=O)OC1(C(C)C)C2CC3CC(C2)CC1C3.CCC(C)(C)C(=O)OC12CC3CC(O)(CC(O)(C3)C1)C2.CCC(C)(C)C(=O)OC1C2CC3C(=O)OC1C3C2.CCC(C)(C)C(=O)OC1CCOC1=O.CCC(C)(C)C(=O)OI(OC(=O)C12CC3CC(CC(C3)C1)C2)c1ccc(OC)cc1.CCC1(OC(=O)C(C)(C)CC)CCCC1. The van der Waals surface area contributed by atoms with Gasteiger partial charge in [-0.15, -0.1) is 0 Å². The Morgan fingerprint density at radius 3 is 1.27 bits per heavy atom. The molecular weight excluding hydrogens is 1760 g/mol. The van der Waals surface area contributed by atoms with Gasteiger partial charge in [0.15, 0.2) is 0 Å². The Labute approximate surface area is 802 Å². The van der Waals surface area contributed by atoms with Gasteiger partial charge in [-0.2, -0.15) is 0 Å². The summed E-state index contributed by atoms with van der Waals surface area (Å²) in [6.45, 7) is 41.9. The monoisotopic (exact) mass is 1960 g/mol. The van der Waals surface area contributed by atoms with Crippen LogP contribution in [0.15, 0.2) is 24.3 Å². The largest absolute Gasteiger partial charge is 0.459 e. The molecule has 2 aliphatic heterocycles. The summed E-state index contributed by atoms with van der Waals surface area (Å²) in [5, 5.41) is 21.3. The molecule has 22 heteroatoms. The van der Waals surface area contributed by atoms with Crippen LogP contribution in [0.1, 0.15) is 434 Å². The van der Waals surface area contributed by atoms with E-state index in [0.717, 1.165) is 117 Å². The standard InChI is InChI=1S/C24H33IO5.C19H32O2.C16H26O4.C14H20O4.C13H24O2.C10H16O4.12CH4/c1-5-23(2,3)21(26)29-25(19-6-8-20(28-4)9-7-19)30-22(27)24-13-16-10-17(14-24)12-18(11-16)15-24;1-6-18(4,5)17(20)21-19(12(2)3)15-8-13-7-14(10-15)11-16(19)9-13;1-4-13(2,3)12(17)20-16-7-11-5-14(18,9-16)8-15(19,6-11)10-16;1-4-14(2,3)13(16)18-10-7-5-8-9(6-7)12(15)17-11(8)10;1-5-12(3,4)11(14)15-13(6-2)9-7-8-10-13;1-4-10(2,3)9(12)14-7-5-6-13-8(7)11;;;;;;;;;;;;/h6-9,16-18H,5,10-15H2,1-4H3;12-16H,6-11H2,1-5H3;11,18-19H,4-10H2,1-3H3;7-11H,4-6H2,1-3H3;5-10H2,1-4H3;7H,4-6H2,1-3H3;12*1H4. The van der Waals surface area contributed by atoms with Crippen molar-refractivity contribution in [2.24, 2.45) is 109 Å². The Bertz CT molecular complexity index is 3650. The van der Waals surface area contributed by atoms with Gasteiger partial charge in [-0.1, -0.05) is 145 Å². The molecule has 1 aromatic carbocycles. The predicted molar refractivity (Wildman–Crippen MR) is 537 cm³/mol. The Balaban J connectivity index is -0.00000149. The number of fused-ring (bicyclic) bond motifs is 1. The van der Waals surface area contributed by atoms with Crippen molar-refractivity contribution in [1.82, 2.24) is 0 Å². The fourth-order valence-electron chi connectivity index (χ4n) is 22.6. The number of carbonyl (C=O) groups is 9. The van der Waals surface area contributed by atoms with Gasteiger partial charge in [0.05, 0.1) is 50.8 Å². The van der Waals surface area contributed by atoms with Gasteiger partial charge in [0.25, 0.3) is 0 Å². The van der Waals surface area contributed by atoms with Gasteiger partial charge in [0.1, 0.15) is 29.0 Å². The number of halogens is 1. The van der Waals surface area contributed by atoms with Gasteiger partial charge in [-0.3, -0.25) is 28.8 Å². The van der Waals surface area contributed by atoms with E-state index in [4.69, 9.17) is 44.0 Å². The van der Waals surface area contributed by atoms with Gasteiger partial charge in [0, 0.05) is 37.5 Å². The van der Waals surface area contributed by atoms with Crippen LogP contribution in [0.3, 0.4) is 0 Å². The molecule has 15 saturated carbocycles. The van der Waals surface area contributed by atoms with Gasteiger partial charge < -0.3 is 43.4 Å². The van der Waals surface area contributed by atoms with E-state index in [1.165, 1.54) is 64.2 Å². The van der Waals surface area contributed by atoms with E-state index in [1.807, 2.05) is 128 Å². The smallest absolute Gasteiger partial charge is 0.312 e. The van der Waals surface area contributed by atoms with Crippen molar-refractivity contribution in [3.63, 3.8) is 0 Å². The van der Waals surface area contributed by atoms with Crippen molar-refractivity contribution in [2.45, 2.75) is 480 Å². The molecule has 1 aromatic rings. The van der Waals surface area contributed by atoms with Crippen LogP contribution in [0.5, 0.6) is 5.75 Å². The van der Waals surface area contributed by atoms with E-state index in [2.05, 4.69) is 27.7 Å². The molecule has 0 spiro atoms. The Morgan fingerprint density at radius 2 is 0.869 bits per heavy atom. The summed E-state index contributed by atoms with van der Waals surface area (Å²) in [5.74, 6) is 5.58. The fourth-order valence-corrected chi connectivity index (χ4v) is 25.9. The minimum Gasteiger partial charge on any atom is -0.459 e. The number of rotatable bonds is 24. The Kier molecular flexibility index (Phi) is 49.4. The molecule has 8 unspecified atom stereocenters. The zero-order valence-corrected chi connectivity index (χ0v) is 78.3. The molecule has 17 aliphatic rings. The second kappa shape index (κ2) is 49.8. The zero-order chi connectivity index (χ0) is 87.1. The molecule has 18 rings (SSSR count). The number of methoxy groups -OCH3 is 1. The third-order valence-electron chi connectivity index (χ3n) is 31.7. The van der Waals surface area contributed by atoms with E-state index in [1.54, 1.807) is 21.0 Å². The van der Waals surface area contributed by atoms with Crippen molar-refractivity contribution in [3.05, 3.63) is 27.8 Å². The van der Waals surface area contributed by atoms with Crippen LogP contribution in [0.4, 0.5) is 0 Å². The van der Waals surface area contributed by atoms with Crippen molar-refractivity contribution in [1.29, 1.82) is 0 Å². The van der Waals surface area contributed by atoms with Crippen LogP contribution in [0.2, 0.25) is 0 Å². The number of aliphatic hydroxyl groups is 2. The minimum absolute atomic E-state index is 0. The van der Waals surface area contributed by atoms with Crippen molar-refractivity contribution >= 4 is 74.4 Å². The number of benzene rings is 1. The Morgan fingerprint density at radius 1 is 0.462 bits per heavy atom. The first-order valence-corrected chi connectivity index (χ1v) is 48.6. The van der Waals surface area contributed by atoms with Crippen LogP contribution in [-0.4, -0.2) is 124 Å². The third-order valence-corrected chi connectivity index (χ3v) is 35.0. The number of ether oxygens (including phenoxy) is 8. The average Bonchev–Trinajstić information content (AvgIpc) is 0.955. The second-order valence-electron chi connectivity index (χ2n) is 43.2. The molecule has 0 radical (unpaired) electrons. The van der Waals surface area contributed by atoms with Crippen LogP contribution in [-0.2, 0) is 82.4 Å². The molecule has 17 fully saturated rings. The van der Waals surface area contributed by atoms with Gasteiger partial charge in [-0.25, -0.2) is 4.79 Å². The molecule has 2 saturated heterocycles. The summed E-state index contributed by atoms with van der Waals surface area (Å²) in [6, 6.07) is 7.39. The summed E-state index contributed by atoms with van der Waals surface area (Å²) in [5.41, 5.74) is -5.76. The second-order valence-corrected chi connectivity index (χ2v) is 46.6. The first-order valence-electron chi connectivity index (χ1n) is 45.7. The molecular formula is C108H199IO21. The third kappa shape index (κ3) is 28.3. The molecule has 14 bridgehead atoms. The number of carbonyl (C=O) groups excluding carboxylic acids is 9. The maximum atomic E-state index is 13.5. The number of esters is 7. The topological polar surface area (TPSA) is 286 Å². The van der Waals surface area contributed by atoms with E-state index in [0.29, 0.717) is 92.5 Å². The van der Waals surface area contributed by atoms with E-state index < -0.39 is 71.2 Å². The summed E-state index contributed by atoms with van der Waals surface area (Å²) >= 11 is -2.96. The molecule has 8 atom stereocenters. The number of cyclic esters (lactones) is 1. The summed E-state index contributed by atoms with van der Waals surface area (Å²) in [7, 11) is 1.61. The van der Waals surface area contributed by atoms with E-state index in [9.17, 15) is 53.4 Å². The van der Waals surface area contributed by atoms with Crippen LogP contribution in [0.25, 0.3) is 0 Å². The molecule has 0 aromatic heterocycles. The summed E-state index contributed by atoms with van der Waals surface area (Å²) in [6.07, 6.45) is 28.2. The zero-order valence-electron chi connectivity index (χ0n) is 76.1. The van der Waals surface area contributed by atoms with Crippen molar-refractivity contribution in [3.8, 4) is 5.75 Å². The first kappa shape index (κ1) is 129. The minimum atomic E-state index is -2.96. The molecule has 0 amide bonds.